The minimum atomic E-state index is 0.109. The van der Waals surface area contributed by atoms with Crippen molar-refractivity contribution in [2.45, 2.75) is 45.7 Å². The molecule has 0 heterocycles. The predicted molar refractivity (Wildman–Crippen MR) is 77.4 cm³/mol. The molecule has 2 nitrogen and oxygen atoms in total. The van der Waals surface area contributed by atoms with Gasteiger partial charge in [-0.05, 0) is 44.7 Å². The molecule has 0 bridgehead atoms. The molecule has 18 heavy (non-hydrogen) atoms. The molecule has 2 N–H and O–H groups in total. The van der Waals surface area contributed by atoms with Gasteiger partial charge >= 0.3 is 0 Å². The SMILES string of the molecule is Cc1ccc(CN(C)C(C)(CN)C2(C)CC2)cc1. The largest absolute Gasteiger partial charge is 0.329 e. The van der Waals surface area contributed by atoms with Crippen molar-refractivity contribution in [1.29, 1.82) is 0 Å². The van der Waals surface area contributed by atoms with Crippen LogP contribution in [0.1, 0.15) is 37.8 Å². The summed E-state index contributed by atoms with van der Waals surface area (Å²) in [5.74, 6) is 0. The molecule has 1 atom stereocenters. The summed E-state index contributed by atoms with van der Waals surface area (Å²) in [6.45, 7) is 8.51. The van der Waals surface area contributed by atoms with Crippen LogP contribution in [0, 0.1) is 12.3 Å². The zero-order valence-electron chi connectivity index (χ0n) is 12.2. The first kappa shape index (κ1) is 13.6. The van der Waals surface area contributed by atoms with Crippen molar-refractivity contribution in [3.05, 3.63) is 35.4 Å². The number of benzene rings is 1. The second-order valence-electron chi connectivity index (χ2n) is 6.38. The van der Waals surface area contributed by atoms with E-state index in [4.69, 9.17) is 5.73 Å². The minimum absolute atomic E-state index is 0.109. The molecule has 100 valence electrons. The smallest absolute Gasteiger partial charge is 0.0357 e. The van der Waals surface area contributed by atoms with Crippen molar-refractivity contribution in [3.63, 3.8) is 0 Å². The highest BCUT2D eigenvalue weighted by Gasteiger charge is 2.54. The van der Waals surface area contributed by atoms with Gasteiger partial charge in [0.05, 0.1) is 0 Å². The van der Waals surface area contributed by atoms with Crippen LogP contribution in [0.5, 0.6) is 0 Å². The van der Waals surface area contributed by atoms with Crippen LogP contribution in [0.3, 0.4) is 0 Å². The van der Waals surface area contributed by atoms with Crippen molar-refractivity contribution in [2.24, 2.45) is 11.1 Å². The Bertz CT molecular complexity index is 406. The van der Waals surface area contributed by atoms with Crippen molar-refractivity contribution < 1.29 is 0 Å². The third kappa shape index (κ3) is 2.32. The summed E-state index contributed by atoms with van der Waals surface area (Å²) < 4.78 is 0. The van der Waals surface area contributed by atoms with Gasteiger partial charge in [0.15, 0.2) is 0 Å². The van der Waals surface area contributed by atoms with Gasteiger partial charge in [0.2, 0.25) is 0 Å². The lowest BCUT2D eigenvalue weighted by molar-refractivity contribution is 0.0659. The van der Waals surface area contributed by atoms with Gasteiger partial charge < -0.3 is 5.73 Å². The maximum atomic E-state index is 6.07. The fourth-order valence-electron chi connectivity index (χ4n) is 2.73. The van der Waals surface area contributed by atoms with E-state index in [1.165, 1.54) is 24.0 Å². The van der Waals surface area contributed by atoms with Crippen molar-refractivity contribution in [3.8, 4) is 0 Å². The van der Waals surface area contributed by atoms with Crippen LogP contribution >= 0.6 is 0 Å². The van der Waals surface area contributed by atoms with E-state index in [1.54, 1.807) is 0 Å². The molecule has 0 saturated heterocycles. The van der Waals surface area contributed by atoms with Crippen molar-refractivity contribution in [1.82, 2.24) is 4.90 Å². The van der Waals surface area contributed by atoms with E-state index in [9.17, 15) is 0 Å². The Balaban J connectivity index is 2.11. The lowest BCUT2D eigenvalue weighted by Gasteiger charge is -2.43. The molecular formula is C16H26N2. The van der Waals surface area contributed by atoms with Crippen LogP contribution in [0.25, 0.3) is 0 Å². The van der Waals surface area contributed by atoms with Gasteiger partial charge in [-0.25, -0.2) is 0 Å². The molecule has 0 radical (unpaired) electrons. The zero-order chi connectivity index (χ0) is 13.4. The normalized spacial score (nSPS) is 20.8. The number of likely N-dealkylation sites (N-methyl/N-ethyl adjacent to an activating group) is 1. The summed E-state index contributed by atoms with van der Waals surface area (Å²) >= 11 is 0. The molecule has 2 rings (SSSR count). The number of hydrogen-bond donors (Lipinski definition) is 1. The molecule has 2 heteroatoms. The lowest BCUT2D eigenvalue weighted by atomic mass is 9.82. The molecule has 1 aromatic rings. The molecular weight excluding hydrogens is 220 g/mol. The fraction of sp³-hybridized carbons (Fsp3) is 0.625. The molecule has 1 aliphatic rings. The summed E-state index contributed by atoms with van der Waals surface area (Å²) in [4.78, 5) is 2.44. The highest BCUT2D eigenvalue weighted by molar-refractivity contribution is 5.22. The van der Waals surface area contributed by atoms with E-state index in [2.05, 4.69) is 57.0 Å². The van der Waals surface area contributed by atoms with Crippen LogP contribution in [0.15, 0.2) is 24.3 Å². The first-order valence-electron chi connectivity index (χ1n) is 6.88. The van der Waals surface area contributed by atoms with Gasteiger partial charge in [0.25, 0.3) is 0 Å². The minimum Gasteiger partial charge on any atom is -0.329 e. The summed E-state index contributed by atoms with van der Waals surface area (Å²) in [6.07, 6.45) is 2.61. The summed E-state index contributed by atoms with van der Waals surface area (Å²) in [5.41, 5.74) is 9.27. The van der Waals surface area contributed by atoms with Gasteiger partial charge in [0.1, 0.15) is 0 Å². The first-order valence-corrected chi connectivity index (χ1v) is 6.88. The highest BCUT2D eigenvalue weighted by atomic mass is 15.2. The Morgan fingerprint density at radius 2 is 1.83 bits per heavy atom. The van der Waals surface area contributed by atoms with Crippen LogP contribution in [-0.2, 0) is 6.54 Å². The van der Waals surface area contributed by atoms with E-state index >= 15 is 0 Å². The van der Waals surface area contributed by atoms with Crippen LogP contribution < -0.4 is 5.73 Å². The molecule has 1 saturated carbocycles. The summed E-state index contributed by atoms with van der Waals surface area (Å²) in [6, 6.07) is 8.81. The Kier molecular flexibility index (Phi) is 3.52. The number of nitrogens with zero attached hydrogens (tertiary/aromatic N) is 1. The van der Waals surface area contributed by atoms with Gasteiger partial charge in [-0.2, -0.15) is 0 Å². The molecule has 1 aromatic carbocycles. The molecule has 1 unspecified atom stereocenters. The highest BCUT2D eigenvalue weighted by Crippen LogP contribution is 2.55. The lowest BCUT2D eigenvalue weighted by Crippen LogP contribution is -2.55. The first-order chi connectivity index (χ1) is 8.41. The van der Waals surface area contributed by atoms with Crippen LogP contribution in [-0.4, -0.2) is 24.0 Å². The second-order valence-corrected chi connectivity index (χ2v) is 6.38. The Morgan fingerprint density at radius 1 is 1.28 bits per heavy atom. The zero-order valence-corrected chi connectivity index (χ0v) is 12.2. The molecule has 0 amide bonds. The topological polar surface area (TPSA) is 29.3 Å². The third-order valence-corrected chi connectivity index (χ3v) is 5.08. The van der Waals surface area contributed by atoms with E-state index < -0.39 is 0 Å². The fourth-order valence-corrected chi connectivity index (χ4v) is 2.73. The molecule has 1 aliphatic carbocycles. The van der Waals surface area contributed by atoms with Gasteiger partial charge in [-0.3, -0.25) is 4.90 Å². The third-order valence-electron chi connectivity index (χ3n) is 5.08. The Labute approximate surface area is 111 Å². The van der Waals surface area contributed by atoms with E-state index in [-0.39, 0.29) is 5.54 Å². The van der Waals surface area contributed by atoms with E-state index in [1.807, 2.05) is 0 Å². The molecule has 1 fully saturated rings. The Morgan fingerprint density at radius 3 is 2.28 bits per heavy atom. The maximum Gasteiger partial charge on any atom is 0.0357 e. The predicted octanol–water partition coefficient (Wildman–Crippen LogP) is 2.94. The maximum absolute atomic E-state index is 6.07. The van der Waals surface area contributed by atoms with Crippen LogP contribution in [0.4, 0.5) is 0 Å². The summed E-state index contributed by atoms with van der Waals surface area (Å²) in [5, 5.41) is 0. The molecule has 0 spiro atoms. The summed E-state index contributed by atoms with van der Waals surface area (Å²) in [7, 11) is 2.20. The molecule has 0 aliphatic heterocycles. The number of aryl methyl sites for hydroxylation is 1. The second kappa shape index (κ2) is 4.67. The average molecular weight is 246 g/mol. The van der Waals surface area contributed by atoms with E-state index in [0.717, 1.165) is 13.1 Å². The number of nitrogens with two attached hydrogens (primary N) is 1. The van der Waals surface area contributed by atoms with Gasteiger partial charge in [-0.15, -0.1) is 0 Å². The van der Waals surface area contributed by atoms with Crippen molar-refractivity contribution >= 4 is 0 Å². The monoisotopic (exact) mass is 246 g/mol. The van der Waals surface area contributed by atoms with Gasteiger partial charge in [-0.1, -0.05) is 36.8 Å². The standard InChI is InChI=1S/C16H26N2/c1-13-5-7-14(8-6-13)11-18(4)16(3,12-17)15(2)9-10-15/h5-8H,9-12,17H2,1-4H3. The molecule has 0 aromatic heterocycles. The number of hydrogen-bond acceptors (Lipinski definition) is 2. The van der Waals surface area contributed by atoms with Crippen molar-refractivity contribution in [2.75, 3.05) is 13.6 Å². The van der Waals surface area contributed by atoms with E-state index in [0.29, 0.717) is 5.41 Å². The average Bonchev–Trinajstić information content (AvgIpc) is 3.10. The number of rotatable bonds is 5. The van der Waals surface area contributed by atoms with Gasteiger partial charge in [0, 0.05) is 18.6 Å². The Hall–Kier alpha value is -0.860. The van der Waals surface area contributed by atoms with Crippen LogP contribution in [0.2, 0.25) is 0 Å². The quantitative estimate of drug-likeness (QED) is 0.865.